The minimum Gasteiger partial charge on any atom is -0.456 e. The molecule has 0 amide bonds. The third-order valence-electron chi connectivity index (χ3n) is 3.78. The zero-order chi connectivity index (χ0) is 19.4. The molecule has 0 atom stereocenters. The van der Waals surface area contributed by atoms with Gasteiger partial charge in [0.15, 0.2) is 0 Å². The van der Waals surface area contributed by atoms with E-state index in [1.54, 1.807) is 30.3 Å². The molecule has 3 rings (SSSR count). The Bertz CT molecular complexity index is 1130. The first-order chi connectivity index (χ1) is 13.0. The van der Waals surface area contributed by atoms with Gasteiger partial charge >= 0.3 is 0 Å². The van der Waals surface area contributed by atoms with Crippen LogP contribution in [-0.4, -0.2) is 4.92 Å². The molecule has 7 heteroatoms. The summed E-state index contributed by atoms with van der Waals surface area (Å²) in [4.78, 5) is 10.4. The summed E-state index contributed by atoms with van der Waals surface area (Å²) >= 11 is 0. The number of halogens is 1. The van der Waals surface area contributed by atoms with Crippen molar-refractivity contribution in [3.8, 4) is 23.5 Å². The summed E-state index contributed by atoms with van der Waals surface area (Å²) in [7, 11) is 0. The van der Waals surface area contributed by atoms with Crippen molar-refractivity contribution in [1.82, 2.24) is 0 Å². The number of nitro benzene ring substituents is 1. The van der Waals surface area contributed by atoms with Crippen molar-refractivity contribution in [2.75, 3.05) is 0 Å². The number of furan rings is 1. The molecule has 0 radical (unpaired) electrons. The van der Waals surface area contributed by atoms with Gasteiger partial charge in [0.05, 0.1) is 39.8 Å². The highest BCUT2D eigenvalue weighted by molar-refractivity contribution is 5.89. The van der Waals surface area contributed by atoms with Crippen LogP contribution in [0.25, 0.3) is 23.0 Å². The molecule has 6 nitrogen and oxygen atoms in total. The zero-order valence-corrected chi connectivity index (χ0v) is 13.7. The first kappa shape index (κ1) is 17.6. The Morgan fingerprint density at radius 1 is 1.11 bits per heavy atom. The Balaban J connectivity index is 1.98. The fourth-order valence-corrected chi connectivity index (χ4v) is 2.49. The highest BCUT2D eigenvalue weighted by Gasteiger charge is 2.19. The van der Waals surface area contributed by atoms with E-state index in [1.165, 1.54) is 18.2 Å². The second-order valence-corrected chi connectivity index (χ2v) is 5.48. The Morgan fingerprint density at radius 2 is 1.85 bits per heavy atom. The van der Waals surface area contributed by atoms with E-state index < -0.39 is 16.4 Å². The van der Waals surface area contributed by atoms with Crippen LogP contribution in [0, 0.1) is 38.6 Å². The van der Waals surface area contributed by atoms with Crippen LogP contribution >= 0.6 is 0 Å². The number of benzene rings is 2. The number of hydrogen-bond acceptors (Lipinski definition) is 5. The third kappa shape index (κ3) is 3.73. The fraction of sp³-hybridized carbons (Fsp3) is 0. The second-order valence-electron chi connectivity index (χ2n) is 5.48. The number of hydrogen-bond donors (Lipinski definition) is 0. The van der Waals surface area contributed by atoms with Gasteiger partial charge in [-0.05, 0) is 48.0 Å². The Labute approximate surface area is 153 Å². The van der Waals surface area contributed by atoms with Crippen molar-refractivity contribution < 1.29 is 13.7 Å². The molecule has 3 aromatic rings. The van der Waals surface area contributed by atoms with Gasteiger partial charge in [-0.2, -0.15) is 10.5 Å². The first-order valence-corrected chi connectivity index (χ1v) is 7.68. The van der Waals surface area contributed by atoms with E-state index in [2.05, 4.69) is 6.07 Å². The van der Waals surface area contributed by atoms with Gasteiger partial charge in [0.2, 0.25) is 0 Å². The van der Waals surface area contributed by atoms with Crippen molar-refractivity contribution >= 4 is 17.3 Å². The molecule has 0 bridgehead atoms. The molecule has 1 heterocycles. The molecule has 0 aliphatic rings. The molecule has 0 fully saturated rings. The van der Waals surface area contributed by atoms with Crippen LogP contribution < -0.4 is 0 Å². The minimum atomic E-state index is -0.718. The average molecular weight is 359 g/mol. The molecule has 0 aliphatic heterocycles. The highest BCUT2D eigenvalue weighted by atomic mass is 19.1. The molecular weight excluding hydrogens is 349 g/mol. The van der Waals surface area contributed by atoms with Crippen LogP contribution in [0.5, 0.6) is 0 Å². The van der Waals surface area contributed by atoms with E-state index in [0.717, 1.165) is 12.1 Å². The number of allylic oxidation sites excluding steroid dienone is 1. The van der Waals surface area contributed by atoms with E-state index >= 15 is 0 Å². The maximum Gasteiger partial charge on any atom is 0.283 e. The zero-order valence-electron chi connectivity index (χ0n) is 13.7. The molecular formula is C20H10FN3O3. The largest absolute Gasteiger partial charge is 0.456 e. The van der Waals surface area contributed by atoms with Gasteiger partial charge in [-0.15, -0.1) is 0 Å². The van der Waals surface area contributed by atoms with Crippen LogP contribution in [-0.2, 0) is 0 Å². The van der Waals surface area contributed by atoms with E-state index in [4.69, 9.17) is 9.68 Å². The van der Waals surface area contributed by atoms with E-state index in [1.807, 2.05) is 6.07 Å². The van der Waals surface area contributed by atoms with Crippen LogP contribution in [0.15, 0.2) is 59.0 Å². The molecule has 0 N–H and O–H groups in total. The third-order valence-corrected chi connectivity index (χ3v) is 3.78. The first-order valence-electron chi connectivity index (χ1n) is 7.68. The maximum absolute atomic E-state index is 13.3. The Kier molecular flexibility index (Phi) is 4.78. The normalized spacial score (nSPS) is 10.9. The summed E-state index contributed by atoms with van der Waals surface area (Å²) in [5, 5.41) is 29.4. The summed E-state index contributed by atoms with van der Waals surface area (Å²) in [6.45, 7) is 0. The molecule has 1 aromatic heterocycles. The molecule has 130 valence electrons. The Hall–Kier alpha value is -4.23. The van der Waals surface area contributed by atoms with Gasteiger partial charge < -0.3 is 4.42 Å². The van der Waals surface area contributed by atoms with Crippen molar-refractivity contribution in [1.29, 1.82) is 10.5 Å². The molecule has 0 unspecified atom stereocenters. The van der Waals surface area contributed by atoms with E-state index in [-0.39, 0.29) is 11.3 Å². The minimum absolute atomic E-state index is 0.137. The quantitative estimate of drug-likeness (QED) is 0.373. The molecule has 27 heavy (non-hydrogen) atoms. The van der Waals surface area contributed by atoms with Gasteiger partial charge in [0.25, 0.3) is 5.69 Å². The van der Waals surface area contributed by atoms with Gasteiger partial charge in [-0.25, -0.2) is 4.39 Å². The lowest BCUT2D eigenvalue weighted by atomic mass is 10.0. The van der Waals surface area contributed by atoms with Crippen LogP contribution in [0.2, 0.25) is 0 Å². The summed E-state index contributed by atoms with van der Waals surface area (Å²) in [6.07, 6.45) is 1.49. The molecule has 0 spiro atoms. The van der Waals surface area contributed by atoms with Crippen molar-refractivity contribution in [3.63, 3.8) is 0 Å². The number of nitrogens with zero attached hydrogens (tertiary/aromatic N) is 3. The van der Waals surface area contributed by atoms with E-state index in [9.17, 15) is 19.8 Å². The second kappa shape index (κ2) is 7.34. The molecule has 0 saturated heterocycles. The molecule has 0 saturated carbocycles. The number of nitro groups is 1. The van der Waals surface area contributed by atoms with E-state index in [0.29, 0.717) is 22.5 Å². The number of rotatable bonds is 4. The monoisotopic (exact) mass is 359 g/mol. The SMILES string of the molecule is N#C/C(=C\c1ccc(-c2ccc(F)cc2[N+](=O)[O-])o1)c1ccc(C#N)cc1. The van der Waals surface area contributed by atoms with Crippen molar-refractivity contribution in [2.24, 2.45) is 0 Å². The average Bonchev–Trinajstić information content (AvgIpc) is 3.14. The summed E-state index contributed by atoms with van der Waals surface area (Å²) in [5.41, 5.74) is 1.10. The lowest BCUT2D eigenvalue weighted by Gasteiger charge is -2.00. The Morgan fingerprint density at radius 3 is 2.48 bits per heavy atom. The van der Waals surface area contributed by atoms with Crippen LogP contribution in [0.4, 0.5) is 10.1 Å². The van der Waals surface area contributed by atoms with Gasteiger partial charge in [0, 0.05) is 0 Å². The summed E-state index contributed by atoms with van der Waals surface area (Å²) < 4.78 is 18.9. The topological polar surface area (TPSA) is 104 Å². The van der Waals surface area contributed by atoms with Gasteiger partial charge in [-0.3, -0.25) is 10.1 Å². The maximum atomic E-state index is 13.3. The predicted molar refractivity (Wildman–Crippen MR) is 95.4 cm³/mol. The van der Waals surface area contributed by atoms with Gasteiger partial charge in [-0.1, -0.05) is 12.1 Å². The van der Waals surface area contributed by atoms with Gasteiger partial charge in [0.1, 0.15) is 17.3 Å². The van der Waals surface area contributed by atoms with Crippen LogP contribution in [0.1, 0.15) is 16.9 Å². The summed E-state index contributed by atoms with van der Waals surface area (Å²) in [6, 6.07) is 16.8. The predicted octanol–water partition coefficient (Wildman–Crippen LogP) is 4.93. The molecule has 2 aromatic carbocycles. The number of nitriles is 2. The highest BCUT2D eigenvalue weighted by Crippen LogP contribution is 2.32. The lowest BCUT2D eigenvalue weighted by Crippen LogP contribution is -1.92. The van der Waals surface area contributed by atoms with Crippen molar-refractivity contribution in [3.05, 3.63) is 87.4 Å². The summed E-state index contributed by atoms with van der Waals surface area (Å²) in [5.74, 6) is -0.223. The van der Waals surface area contributed by atoms with Crippen molar-refractivity contribution in [2.45, 2.75) is 0 Å². The standard InChI is InChI=1S/C20H10FN3O3/c21-16-5-7-18(19(10-16)24(25)26)20-8-6-17(27-20)9-15(12-23)14-3-1-13(11-22)2-4-14/h1-10H/b15-9+. The fourth-order valence-electron chi connectivity index (χ4n) is 2.49. The lowest BCUT2D eigenvalue weighted by molar-refractivity contribution is -0.384. The molecule has 0 aliphatic carbocycles. The smallest absolute Gasteiger partial charge is 0.283 e. The van der Waals surface area contributed by atoms with Crippen LogP contribution in [0.3, 0.4) is 0 Å².